The number of nitrogens with zero attached hydrogens (tertiary/aromatic N) is 1. The Kier molecular flexibility index (Phi) is 7.25. The van der Waals surface area contributed by atoms with E-state index in [0.717, 1.165) is 40.6 Å². The van der Waals surface area contributed by atoms with E-state index in [1.54, 1.807) is 30.9 Å². The van der Waals surface area contributed by atoms with E-state index < -0.39 is 4.75 Å². The van der Waals surface area contributed by atoms with Crippen molar-refractivity contribution in [1.29, 1.82) is 0 Å². The molecule has 5 nitrogen and oxygen atoms in total. The quantitative estimate of drug-likeness (QED) is 0.499. The van der Waals surface area contributed by atoms with Gasteiger partial charge in [-0.25, -0.2) is 0 Å². The fraction of sp³-hybridized carbons (Fsp3) is 0.519. The first-order valence-corrected chi connectivity index (χ1v) is 12.8. The minimum Gasteiger partial charge on any atom is -0.497 e. The van der Waals surface area contributed by atoms with Gasteiger partial charge in [-0.2, -0.15) is 0 Å². The van der Waals surface area contributed by atoms with Gasteiger partial charge in [-0.1, -0.05) is 31.4 Å². The first-order chi connectivity index (χ1) is 15.9. The van der Waals surface area contributed by atoms with E-state index in [9.17, 15) is 4.79 Å². The lowest BCUT2D eigenvalue weighted by Crippen LogP contribution is -2.48. The molecule has 1 N–H and O–H groups in total. The number of benzene rings is 2. The smallest absolute Gasteiger partial charge is 0.248 e. The highest BCUT2D eigenvalue weighted by atomic mass is 32.2. The van der Waals surface area contributed by atoms with Crippen molar-refractivity contribution >= 4 is 23.4 Å². The van der Waals surface area contributed by atoms with Crippen LogP contribution < -0.4 is 19.7 Å². The van der Waals surface area contributed by atoms with Gasteiger partial charge in [-0.3, -0.25) is 4.79 Å². The summed E-state index contributed by atoms with van der Waals surface area (Å²) in [6.45, 7) is 3.24. The molecule has 0 bridgehead atoms. The van der Waals surface area contributed by atoms with Gasteiger partial charge in [0.1, 0.15) is 16.2 Å². The number of ether oxygens (including phenoxy) is 2. The molecule has 1 aliphatic carbocycles. The zero-order valence-electron chi connectivity index (χ0n) is 20.3. The van der Waals surface area contributed by atoms with Crippen molar-refractivity contribution in [2.45, 2.75) is 67.1 Å². The second-order valence-corrected chi connectivity index (χ2v) is 10.8. The SMILES string of the molecule is COc1ccc(OC)c(C2(CCCNC3(C)CCCCC3)Sc3ccccc3N(C)C2=O)c1. The summed E-state index contributed by atoms with van der Waals surface area (Å²) in [5.41, 5.74) is 2.05. The molecule has 0 aromatic heterocycles. The van der Waals surface area contributed by atoms with E-state index >= 15 is 0 Å². The van der Waals surface area contributed by atoms with Gasteiger partial charge >= 0.3 is 0 Å². The van der Waals surface area contributed by atoms with Crippen molar-refractivity contribution in [3.05, 3.63) is 48.0 Å². The topological polar surface area (TPSA) is 50.8 Å². The molecule has 2 aromatic carbocycles. The van der Waals surface area contributed by atoms with Gasteiger partial charge in [0.25, 0.3) is 0 Å². The Morgan fingerprint density at radius 3 is 2.55 bits per heavy atom. The Morgan fingerprint density at radius 1 is 1.06 bits per heavy atom. The number of methoxy groups -OCH3 is 2. The van der Waals surface area contributed by atoms with Gasteiger partial charge in [0, 0.05) is 23.0 Å². The highest BCUT2D eigenvalue weighted by Gasteiger charge is 2.48. The standard InChI is InChI=1S/C27H36N2O3S/c1-26(15-8-5-9-16-26)28-18-10-17-27(21-19-20(31-3)13-14-23(21)32-4)25(30)29(2)22-11-6-7-12-24(22)33-27/h6-7,11-14,19,28H,5,8-10,15-18H2,1-4H3. The molecule has 2 aromatic rings. The number of likely N-dealkylation sites (N-methyl/N-ethyl adjacent to an activating group) is 1. The van der Waals surface area contributed by atoms with Crippen molar-refractivity contribution in [2.75, 3.05) is 32.7 Å². The van der Waals surface area contributed by atoms with Crippen molar-refractivity contribution in [1.82, 2.24) is 5.32 Å². The largest absolute Gasteiger partial charge is 0.497 e. The molecule has 1 fully saturated rings. The Labute approximate surface area is 202 Å². The maximum absolute atomic E-state index is 14.0. The molecule has 1 amide bonds. The zero-order chi connectivity index (χ0) is 23.5. The number of nitrogens with one attached hydrogen (secondary N) is 1. The molecule has 6 heteroatoms. The third-order valence-corrected chi connectivity index (χ3v) is 8.73. The molecule has 0 radical (unpaired) electrons. The summed E-state index contributed by atoms with van der Waals surface area (Å²) in [4.78, 5) is 16.9. The minimum absolute atomic E-state index is 0.0848. The second-order valence-electron chi connectivity index (χ2n) is 9.48. The summed E-state index contributed by atoms with van der Waals surface area (Å²) in [5, 5.41) is 3.81. The summed E-state index contributed by atoms with van der Waals surface area (Å²) in [6.07, 6.45) is 7.99. The molecular formula is C27H36N2O3S. The molecule has 1 heterocycles. The number of hydrogen-bond donors (Lipinski definition) is 1. The van der Waals surface area contributed by atoms with E-state index in [2.05, 4.69) is 18.3 Å². The molecule has 1 aliphatic heterocycles. The first kappa shape index (κ1) is 24.0. The number of amides is 1. The lowest BCUT2D eigenvalue weighted by atomic mass is 9.83. The van der Waals surface area contributed by atoms with Crippen LogP contribution in [-0.2, 0) is 9.54 Å². The number of carbonyl (C=O) groups is 1. The van der Waals surface area contributed by atoms with E-state index in [4.69, 9.17) is 9.47 Å². The first-order valence-electron chi connectivity index (χ1n) is 12.0. The number of fused-ring (bicyclic) bond motifs is 1. The molecular weight excluding hydrogens is 432 g/mol. The van der Waals surface area contributed by atoms with Crippen molar-refractivity contribution < 1.29 is 14.3 Å². The van der Waals surface area contributed by atoms with Gasteiger partial charge in [-0.05, 0) is 69.5 Å². The molecule has 178 valence electrons. The highest BCUT2D eigenvalue weighted by molar-refractivity contribution is 8.01. The van der Waals surface area contributed by atoms with E-state index in [1.165, 1.54) is 32.1 Å². The molecule has 33 heavy (non-hydrogen) atoms. The number of carbonyl (C=O) groups excluding carboxylic acids is 1. The predicted molar refractivity (Wildman–Crippen MR) is 136 cm³/mol. The Bertz CT molecular complexity index is 989. The lowest BCUT2D eigenvalue weighted by Gasteiger charge is -2.42. The average Bonchev–Trinajstić information content (AvgIpc) is 2.85. The number of hydrogen-bond acceptors (Lipinski definition) is 5. The predicted octanol–water partition coefficient (Wildman–Crippen LogP) is 5.76. The van der Waals surface area contributed by atoms with Crippen LogP contribution in [0, 0.1) is 0 Å². The van der Waals surface area contributed by atoms with Crippen LogP contribution in [0.5, 0.6) is 11.5 Å². The number of anilines is 1. The second kappa shape index (κ2) is 9.98. The van der Waals surface area contributed by atoms with E-state index in [-0.39, 0.29) is 11.4 Å². The van der Waals surface area contributed by atoms with Crippen molar-refractivity contribution in [3.63, 3.8) is 0 Å². The minimum atomic E-state index is -0.780. The van der Waals surface area contributed by atoms with Crippen molar-refractivity contribution in [2.24, 2.45) is 0 Å². The number of para-hydroxylation sites is 1. The van der Waals surface area contributed by atoms with Gasteiger partial charge in [-0.15, -0.1) is 11.8 Å². The van der Waals surface area contributed by atoms with E-state index in [0.29, 0.717) is 6.42 Å². The van der Waals surface area contributed by atoms with Crippen LogP contribution in [0.2, 0.25) is 0 Å². The Hall–Kier alpha value is -2.18. The summed E-state index contributed by atoms with van der Waals surface area (Å²) >= 11 is 1.65. The van der Waals surface area contributed by atoms with Gasteiger partial charge in [0.05, 0.1) is 19.9 Å². The molecule has 1 atom stereocenters. The molecule has 2 aliphatic rings. The van der Waals surface area contributed by atoms with Crippen molar-refractivity contribution in [3.8, 4) is 11.5 Å². The summed E-state index contributed by atoms with van der Waals surface area (Å²) in [5.74, 6) is 1.53. The Balaban J connectivity index is 1.67. The fourth-order valence-corrected chi connectivity index (χ4v) is 6.83. The maximum Gasteiger partial charge on any atom is 0.248 e. The van der Waals surface area contributed by atoms with Crippen LogP contribution in [0.3, 0.4) is 0 Å². The van der Waals surface area contributed by atoms with Gasteiger partial charge in [0.15, 0.2) is 0 Å². The van der Waals surface area contributed by atoms with Crippen LogP contribution in [-0.4, -0.2) is 39.3 Å². The number of rotatable bonds is 8. The van der Waals surface area contributed by atoms with Crippen LogP contribution in [0.4, 0.5) is 5.69 Å². The third kappa shape index (κ3) is 4.73. The lowest BCUT2D eigenvalue weighted by molar-refractivity contribution is -0.121. The zero-order valence-corrected chi connectivity index (χ0v) is 21.1. The third-order valence-electron chi connectivity index (χ3n) is 7.22. The Morgan fingerprint density at radius 2 is 1.82 bits per heavy atom. The molecule has 0 spiro atoms. The number of thioether (sulfide) groups is 1. The maximum atomic E-state index is 14.0. The van der Waals surface area contributed by atoms with Crippen LogP contribution >= 0.6 is 11.8 Å². The van der Waals surface area contributed by atoms with E-state index in [1.807, 2.05) is 43.4 Å². The normalized spacial score (nSPS) is 22.1. The molecule has 4 rings (SSSR count). The fourth-order valence-electron chi connectivity index (χ4n) is 5.26. The molecule has 1 saturated carbocycles. The summed E-state index contributed by atoms with van der Waals surface area (Å²) in [6, 6.07) is 13.9. The molecule has 1 unspecified atom stereocenters. The van der Waals surface area contributed by atoms with Crippen LogP contribution in [0.1, 0.15) is 57.4 Å². The van der Waals surface area contributed by atoms with Gasteiger partial charge in [0.2, 0.25) is 5.91 Å². The molecule has 0 saturated heterocycles. The monoisotopic (exact) mass is 468 g/mol. The highest BCUT2D eigenvalue weighted by Crippen LogP contribution is 2.55. The van der Waals surface area contributed by atoms with Crippen LogP contribution in [0.25, 0.3) is 0 Å². The summed E-state index contributed by atoms with van der Waals surface area (Å²) < 4.78 is 10.5. The van der Waals surface area contributed by atoms with Crippen LogP contribution in [0.15, 0.2) is 47.4 Å². The average molecular weight is 469 g/mol. The van der Waals surface area contributed by atoms with Gasteiger partial charge < -0.3 is 19.7 Å². The summed E-state index contributed by atoms with van der Waals surface area (Å²) in [7, 11) is 5.20.